The van der Waals surface area contributed by atoms with Gasteiger partial charge in [0, 0.05) is 57.6 Å². The second kappa shape index (κ2) is 10.0. The van der Waals surface area contributed by atoms with Crippen LogP contribution in [0.1, 0.15) is 24.8 Å². The number of fused-ring (bicyclic) bond motifs is 1. The molecule has 2 fully saturated rings. The molecule has 0 amide bonds. The highest BCUT2D eigenvalue weighted by Gasteiger charge is 2.20. The molecule has 3 aromatic rings. The average Bonchev–Trinajstić information content (AvgIpc) is 2.86. The van der Waals surface area contributed by atoms with Crippen LogP contribution >= 0.6 is 0 Å². The summed E-state index contributed by atoms with van der Waals surface area (Å²) in [6.45, 7) is 7.75. The minimum absolute atomic E-state index is 0.0114. The number of hydrogen-bond donors (Lipinski definition) is 0. The summed E-state index contributed by atoms with van der Waals surface area (Å²) in [6.07, 6.45) is 5.54. The van der Waals surface area contributed by atoms with Crippen LogP contribution in [-0.4, -0.2) is 65.2 Å². The second-order valence-electron chi connectivity index (χ2n) is 9.18. The lowest BCUT2D eigenvalue weighted by atomic mass is 10.1. The van der Waals surface area contributed by atoms with E-state index in [9.17, 15) is 9.18 Å². The summed E-state index contributed by atoms with van der Waals surface area (Å²) >= 11 is 0. The summed E-state index contributed by atoms with van der Waals surface area (Å²) in [4.78, 5) is 25.0. The van der Waals surface area contributed by atoms with Gasteiger partial charge in [-0.15, -0.1) is 0 Å². The monoisotopic (exact) mass is 449 g/mol. The van der Waals surface area contributed by atoms with Crippen molar-refractivity contribution in [3.8, 4) is 0 Å². The number of pyridine rings is 2. The van der Waals surface area contributed by atoms with E-state index in [1.165, 1.54) is 31.4 Å². The maximum Gasteiger partial charge on any atom is 0.255 e. The van der Waals surface area contributed by atoms with E-state index in [2.05, 4.69) is 19.7 Å². The third-order valence-corrected chi connectivity index (χ3v) is 6.96. The van der Waals surface area contributed by atoms with Gasteiger partial charge < -0.3 is 14.4 Å². The highest BCUT2D eigenvalue weighted by atomic mass is 19.1. The van der Waals surface area contributed by atoms with Crippen LogP contribution in [0.2, 0.25) is 0 Å². The van der Waals surface area contributed by atoms with E-state index in [-0.39, 0.29) is 11.4 Å². The molecule has 0 unspecified atom stereocenters. The number of nitrogens with zero attached hydrogens (tertiary/aromatic N) is 5. The van der Waals surface area contributed by atoms with Crippen LogP contribution in [0.15, 0.2) is 53.5 Å². The van der Waals surface area contributed by atoms with E-state index in [0.29, 0.717) is 18.6 Å². The minimum atomic E-state index is -0.299. The first-order chi connectivity index (χ1) is 16.2. The number of rotatable bonds is 6. The number of halogens is 1. The van der Waals surface area contributed by atoms with Crippen LogP contribution < -0.4 is 10.5 Å². The molecule has 4 heterocycles. The van der Waals surface area contributed by atoms with E-state index in [1.807, 2.05) is 30.5 Å². The molecule has 0 N–H and O–H groups in total. The maximum absolute atomic E-state index is 14.0. The fraction of sp³-hybridized carbons (Fsp3) is 0.462. The molecule has 0 atom stereocenters. The maximum atomic E-state index is 14.0. The number of anilines is 1. The molecular weight excluding hydrogens is 417 g/mol. The topological polar surface area (TPSA) is 44.6 Å². The largest absolute Gasteiger partial charge is 0.354 e. The second-order valence-corrected chi connectivity index (χ2v) is 9.18. The van der Waals surface area contributed by atoms with Gasteiger partial charge in [-0.1, -0.05) is 12.5 Å². The standard InChI is InChI=1S/C26H32FN5O/c27-23-8-7-21-18-22(20-30-12-15-31(16-13-30)25-6-2-3-9-28-25)26(33)32(24(21)19-23)17-14-29-10-4-1-5-11-29/h2-3,6-9,18-19H,1,4-5,10-17,20H2. The Kier molecular flexibility index (Phi) is 6.69. The van der Waals surface area contributed by atoms with Crippen molar-refractivity contribution in [2.75, 3.05) is 50.7 Å². The highest BCUT2D eigenvalue weighted by Crippen LogP contribution is 2.19. The van der Waals surface area contributed by atoms with Crippen molar-refractivity contribution >= 4 is 16.7 Å². The SMILES string of the molecule is O=c1c(CN2CCN(c3ccccn3)CC2)cc2ccc(F)cc2n1CCN1CCCCC1. The number of hydrogen-bond acceptors (Lipinski definition) is 5. The molecule has 33 heavy (non-hydrogen) atoms. The minimum Gasteiger partial charge on any atom is -0.354 e. The van der Waals surface area contributed by atoms with Gasteiger partial charge in [-0.2, -0.15) is 0 Å². The lowest BCUT2D eigenvalue weighted by molar-refractivity contribution is 0.220. The first-order valence-electron chi connectivity index (χ1n) is 12.1. The van der Waals surface area contributed by atoms with Crippen LogP contribution in [0, 0.1) is 5.82 Å². The van der Waals surface area contributed by atoms with Crippen LogP contribution in [0.25, 0.3) is 10.9 Å². The zero-order valence-corrected chi connectivity index (χ0v) is 19.1. The third-order valence-electron chi connectivity index (χ3n) is 6.96. The number of benzene rings is 1. The lowest BCUT2D eigenvalue weighted by Gasteiger charge is -2.35. The van der Waals surface area contributed by atoms with Crippen molar-refractivity contribution in [3.63, 3.8) is 0 Å². The van der Waals surface area contributed by atoms with Crippen molar-refractivity contribution < 1.29 is 4.39 Å². The smallest absolute Gasteiger partial charge is 0.255 e. The molecule has 0 radical (unpaired) electrons. The van der Waals surface area contributed by atoms with Gasteiger partial charge in [-0.25, -0.2) is 9.37 Å². The highest BCUT2D eigenvalue weighted by molar-refractivity contribution is 5.79. The molecule has 6 nitrogen and oxygen atoms in total. The van der Waals surface area contributed by atoms with E-state index in [1.54, 1.807) is 10.6 Å². The third kappa shape index (κ3) is 5.09. The Morgan fingerprint density at radius 3 is 2.42 bits per heavy atom. The summed E-state index contributed by atoms with van der Waals surface area (Å²) in [7, 11) is 0. The predicted molar refractivity (Wildman–Crippen MR) is 130 cm³/mol. The molecule has 2 aromatic heterocycles. The first-order valence-corrected chi connectivity index (χ1v) is 12.1. The molecule has 0 aliphatic carbocycles. The van der Waals surface area contributed by atoms with Gasteiger partial charge in [0.25, 0.3) is 5.56 Å². The summed E-state index contributed by atoms with van der Waals surface area (Å²) in [5.41, 5.74) is 1.50. The van der Waals surface area contributed by atoms with E-state index < -0.39 is 0 Å². The molecular formula is C26H32FN5O. The van der Waals surface area contributed by atoms with Gasteiger partial charge in [-0.05, 0) is 67.7 Å². The van der Waals surface area contributed by atoms with Crippen LogP contribution in [-0.2, 0) is 13.1 Å². The Morgan fingerprint density at radius 1 is 0.848 bits per heavy atom. The van der Waals surface area contributed by atoms with Gasteiger partial charge >= 0.3 is 0 Å². The zero-order chi connectivity index (χ0) is 22.6. The normalized spacial score (nSPS) is 18.2. The van der Waals surface area contributed by atoms with Crippen LogP contribution in [0.5, 0.6) is 0 Å². The molecule has 174 valence electrons. The molecule has 0 saturated carbocycles. The molecule has 2 aliphatic heterocycles. The molecule has 7 heteroatoms. The van der Waals surface area contributed by atoms with Gasteiger partial charge in [0.05, 0.1) is 5.52 Å². The Labute approximate surface area is 194 Å². The summed E-state index contributed by atoms with van der Waals surface area (Å²) in [6, 6.07) is 12.7. The Balaban J connectivity index is 1.34. The van der Waals surface area contributed by atoms with Crippen LogP contribution in [0.4, 0.5) is 10.2 Å². The summed E-state index contributed by atoms with van der Waals surface area (Å²) < 4.78 is 15.8. The van der Waals surface area contributed by atoms with Crippen molar-refractivity contribution in [2.24, 2.45) is 0 Å². The molecule has 2 aliphatic rings. The van der Waals surface area contributed by atoms with E-state index >= 15 is 0 Å². The first kappa shape index (κ1) is 22.0. The van der Waals surface area contributed by atoms with Gasteiger partial charge in [0.2, 0.25) is 0 Å². The quantitative estimate of drug-likeness (QED) is 0.578. The van der Waals surface area contributed by atoms with Gasteiger partial charge in [0.1, 0.15) is 11.6 Å². The van der Waals surface area contributed by atoms with Crippen molar-refractivity contribution in [1.82, 2.24) is 19.4 Å². The number of aromatic nitrogens is 2. The predicted octanol–water partition coefficient (Wildman–Crippen LogP) is 3.34. The molecule has 1 aromatic carbocycles. The zero-order valence-electron chi connectivity index (χ0n) is 19.1. The van der Waals surface area contributed by atoms with E-state index in [0.717, 1.165) is 62.6 Å². The average molecular weight is 450 g/mol. The molecule has 5 rings (SSSR count). The molecule has 2 saturated heterocycles. The van der Waals surface area contributed by atoms with E-state index in [4.69, 9.17) is 0 Å². The number of piperazine rings is 1. The lowest BCUT2D eigenvalue weighted by Crippen LogP contribution is -2.47. The number of likely N-dealkylation sites (tertiary alicyclic amines) is 1. The van der Waals surface area contributed by atoms with Crippen LogP contribution in [0.3, 0.4) is 0 Å². The molecule has 0 bridgehead atoms. The molecule has 0 spiro atoms. The summed E-state index contributed by atoms with van der Waals surface area (Å²) in [5.74, 6) is 0.706. The summed E-state index contributed by atoms with van der Waals surface area (Å²) in [5, 5.41) is 0.928. The Bertz CT molecular complexity index is 1130. The van der Waals surface area contributed by atoms with Gasteiger partial charge in [-0.3, -0.25) is 9.69 Å². The number of piperidine rings is 1. The fourth-order valence-electron chi connectivity index (χ4n) is 5.08. The van der Waals surface area contributed by atoms with Crippen molar-refractivity contribution in [1.29, 1.82) is 0 Å². The van der Waals surface area contributed by atoms with Crippen molar-refractivity contribution in [2.45, 2.75) is 32.4 Å². The van der Waals surface area contributed by atoms with Crippen molar-refractivity contribution in [3.05, 3.63) is 70.4 Å². The fourth-order valence-corrected chi connectivity index (χ4v) is 5.08. The van der Waals surface area contributed by atoms with Gasteiger partial charge in [0.15, 0.2) is 0 Å². The Hall–Kier alpha value is -2.77. The Morgan fingerprint density at radius 2 is 1.67 bits per heavy atom.